The summed E-state index contributed by atoms with van der Waals surface area (Å²) in [6.07, 6.45) is 4.47. The van der Waals surface area contributed by atoms with E-state index in [0.29, 0.717) is 0 Å². The van der Waals surface area contributed by atoms with Crippen LogP contribution in [0.3, 0.4) is 0 Å². The maximum Gasteiger partial charge on any atom is 0.0437 e. The van der Waals surface area contributed by atoms with Crippen LogP contribution >= 0.6 is 44.8 Å². The molecule has 22 heavy (non-hydrogen) atoms. The summed E-state index contributed by atoms with van der Waals surface area (Å²) in [4.78, 5) is 0. The molecule has 118 valence electrons. The molecule has 0 bridgehead atoms. The quantitative estimate of drug-likeness (QED) is 0.346. The SMILES string of the molecule is Clc1ccccc1CCCSSCCCc1ccccc1Cl. The van der Waals surface area contributed by atoms with Crippen molar-refractivity contribution in [1.82, 2.24) is 0 Å². The highest BCUT2D eigenvalue weighted by Crippen LogP contribution is 2.26. The zero-order valence-electron chi connectivity index (χ0n) is 12.4. The van der Waals surface area contributed by atoms with Gasteiger partial charge >= 0.3 is 0 Å². The Morgan fingerprint density at radius 3 is 1.45 bits per heavy atom. The summed E-state index contributed by atoms with van der Waals surface area (Å²) < 4.78 is 0. The molecule has 0 aromatic heterocycles. The van der Waals surface area contributed by atoms with Crippen LogP contribution in [0.25, 0.3) is 0 Å². The van der Waals surface area contributed by atoms with E-state index in [9.17, 15) is 0 Å². The molecule has 0 heterocycles. The molecular weight excluding hydrogens is 351 g/mol. The van der Waals surface area contributed by atoms with Gasteiger partial charge in [-0.25, -0.2) is 0 Å². The first-order chi connectivity index (χ1) is 10.8. The van der Waals surface area contributed by atoms with Gasteiger partial charge in [-0.2, -0.15) is 0 Å². The van der Waals surface area contributed by atoms with Gasteiger partial charge in [0.2, 0.25) is 0 Å². The fourth-order valence-electron chi connectivity index (χ4n) is 2.16. The smallest absolute Gasteiger partial charge is 0.0437 e. The topological polar surface area (TPSA) is 0 Å². The minimum Gasteiger partial charge on any atom is -0.0941 e. The van der Waals surface area contributed by atoms with E-state index in [1.165, 1.54) is 35.5 Å². The zero-order valence-corrected chi connectivity index (χ0v) is 15.6. The number of halogens is 2. The third kappa shape index (κ3) is 6.45. The molecular formula is C18H20Cl2S2. The molecule has 0 spiro atoms. The predicted molar refractivity (Wildman–Crippen MR) is 104 cm³/mol. The van der Waals surface area contributed by atoms with E-state index in [0.717, 1.165) is 22.9 Å². The molecule has 0 atom stereocenters. The Kier molecular flexibility index (Phi) is 8.61. The van der Waals surface area contributed by atoms with Crippen molar-refractivity contribution in [3.05, 3.63) is 69.7 Å². The van der Waals surface area contributed by atoms with Crippen LogP contribution in [-0.2, 0) is 12.8 Å². The Hall–Kier alpha value is -0.280. The lowest BCUT2D eigenvalue weighted by Crippen LogP contribution is -1.89. The van der Waals surface area contributed by atoms with Crippen LogP contribution in [0.15, 0.2) is 48.5 Å². The largest absolute Gasteiger partial charge is 0.0941 e. The average Bonchev–Trinajstić information content (AvgIpc) is 2.53. The molecule has 0 aliphatic carbocycles. The fourth-order valence-corrected chi connectivity index (χ4v) is 4.80. The van der Waals surface area contributed by atoms with Crippen molar-refractivity contribution in [2.24, 2.45) is 0 Å². The average molecular weight is 371 g/mol. The molecule has 0 saturated heterocycles. The maximum absolute atomic E-state index is 6.15. The molecule has 4 heteroatoms. The second-order valence-electron chi connectivity index (χ2n) is 5.03. The van der Waals surface area contributed by atoms with Crippen LogP contribution in [0.2, 0.25) is 10.0 Å². The van der Waals surface area contributed by atoms with E-state index in [2.05, 4.69) is 24.3 Å². The molecule has 0 N–H and O–H groups in total. The summed E-state index contributed by atoms with van der Waals surface area (Å²) >= 11 is 12.3. The third-order valence-electron chi connectivity index (χ3n) is 3.35. The van der Waals surface area contributed by atoms with Crippen LogP contribution in [0.1, 0.15) is 24.0 Å². The van der Waals surface area contributed by atoms with E-state index in [1.807, 2.05) is 45.9 Å². The van der Waals surface area contributed by atoms with E-state index < -0.39 is 0 Å². The maximum atomic E-state index is 6.15. The van der Waals surface area contributed by atoms with Gasteiger partial charge in [-0.15, -0.1) is 0 Å². The van der Waals surface area contributed by atoms with Gasteiger partial charge in [0.25, 0.3) is 0 Å². The minimum absolute atomic E-state index is 0.889. The Balaban J connectivity index is 1.51. The first-order valence-electron chi connectivity index (χ1n) is 7.48. The van der Waals surface area contributed by atoms with Crippen molar-refractivity contribution in [3.63, 3.8) is 0 Å². The van der Waals surface area contributed by atoms with Gasteiger partial charge in [0, 0.05) is 21.6 Å². The lowest BCUT2D eigenvalue weighted by molar-refractivity contribution is 0.933. The van der Waals surface area contributed by atoms with Crippen molar-refractivity contribution in [1.29, 1.82) is 0 Å². The van der Waals surface area contributed by atoms with E-state index >= 15 is 0 Å². The van der Waals surface area contributed by atoms with E-state index in [1.54, 1.807) is 0 Å². The monoisotopic (exact) mass is 370 g/mol. The highest BCUT2D eigenvalue weighted by atomic mass is 35.5. The van der Waals surface area contributed by atoms with Gasteiger partial charge in [0.1, 0.15) is 0 Å². The normalized spacial score (nSPS) is 10.8. The molecule has 0 nitrogen and oxygen atoms in total. The number of rotatable bonds is 9. The number of hydrogen-bond acceptors (Lipinski definition) is 2. The third-order valence-corrected chi connectivity index (χ3v) is 6.66. The van der Waals surface area contributed by atoms with E-state index in [4.69, 9.17) is 23.2 Å². The first-order valence-corrected chi connectivity index (χ1v) is 10.7. The van der Waals surface area contributed by atoms with Crippen LogP contribution < -0.4 is 0 Å². The molecule has 0 aliphatic heterocycles. The Bertz CT molecular complexity index is 521. The van der Waals surface area contributed by atoms with E-state index in [-0.39, 0.29) is 0 Å². The number of hydrogen-bond donors (Lipinski definition) is 0. The molecule has 2 aromatic rings. The Morgan fingerprint density at radius 1 is 0.636 bits per heavy atom. The second kappa shape index (κ2) is 10.5. The zero-order chi connectivity index (χ0) is 15.6. The molecule has 0 fully saturated rings. The van der Waals surface area contributed by atoms with Crippen molar-refractivity contribution in [2.75, 3.05) is 11.5 Å². The predicted octanol–water partition coefficient (Wildman–Crippen LogP) is 6.94. The van der Waals surface area contributed by atoms with Crippen molar-refractivity contribution < 1.29 is 0 Å². The van der Waals surface area contributed by atoms with Crippen LogP contribution in [0.4, 0.5) is 0 Å². The van der Waals surface area contributed by atoms with Crippen LogP contribution in [-0.4, -0.2) is 11.5 Å². The number of benzene rings is 2. The van der Waals surface area contributed by atoms with Crippen molar-refractivity contribution in [3.8, 4) is 0 Å². The molecule has 0 amide bonds. The van der Waals surface area contributed by atoms with Crippen molar-refractivity contribution >= 4 is 44.8 Å². The second-order valence-corrected chi connectivity index (χ2v) is 8.55. The Labute approximate surface area is 151 Å². The summed E-state index contributed by atoms with van der Waals surface area (Å²) in [6.45, 7) is 0. The van der Waals surface area contributed by atoms with Gasteiger partial charge in [-0.3, -0.25) is 0 Å². The standard InChI is InChI=1S/C18H20Cl2S2/c19-17-11-3-1-7-15(17)9-5-13-21-22-14-6-10-16-8-2-4-12-18(16)20/h1-4,7-8,11-12H,5-6,9-10,13-14H2. The summed E-state index contributed by atoms with van der Waals surface area (Å²) in [5, 5.41) is 1.78. The van der Waals surface area contributed by atoms with Gasteiger partial charge < -0.3 is 0 Å². The molecule has 0 unspecified atom stereocenters. The molecule has 0 aliphatic rings. The number of aryl methyl sites for hydroxylation is 2. The fraction of sp³-hybridized carbons (Fsp3) is 0.333. The highest BCUT2D eigenvalue weighted by molar-refractivity contribution is 8.76. The van der Waals surface area contributed by atoms with Gasteiger partial charge in [-0.05, 0) is 48.9 Å². The summed E-state index contributed by atoms with van der Waals surface area (Å²) in [6, 6.07) is 16.2. The van der Waals surface area contributed by atoms with Gasteiger partial charge in [0.15, 0.2) is 0 Å². The molecule has 0 saturated carbocycles. The highest BCUT2D eigenvalue weighted by Gasteiger charge is 2.00. The first kappa shape index (κ1) is 18.1. The molecule has 2 rings (SSSR count). The summed E-state index contributed by atoms with van der Waals surface area (Å²) in [7, 11) is 3.92. The van der Waals surface area contributed by atoms with Gasteiger partial charge in [-0.1, -0.05) is 81.2 Å². The van der Waals surface area contributed by atoms with Gasteiger partial charge in [0.05, 0.1) is 0 Å². The lowest BCUT2D eigenvalue weighted by atomic mass is 10.1. The lowest BCUT2D eigenvalue weighted by Gasteiger charge is -2.05. The Morgan fingerprint density at radius 2 is 1.05 bits per heavy atom. The minimum atomic E-state index is 0.889. The van der Waals surface area contributed by atoms with Crippen LogP contribution in [0.5, 0.6) is 0 Å². The van der Waals surface area contributed by atoms with Crippen LogP contribution in [0, 0.1) is 0 Å². The summed E-state index contributed by atoms with van der Waals surface area (Å²) in [5.74, 6) is 2.34. The summed E-state index contributed by atoms with van der Waals surface area (Å²) in [5.41, 5.74) is 2.52. The molecule has 0 radical (unpaired) electrons. The van der Waals surface area contributed by atoms with Crippen molar-refractivity contribution in [2.45, 2.75) is 25.7 Å². The molecule has 2 aromatic carbocycles.